The largest absolute Gasteiger partial charge is 0.506 e. The van der Waals surface area contributed by atoms with E-state index in [0.29, 0.717) is 12.8 Å². The molecule has 1 aromatic carbocycles. The maximum Gasteiger partial charge on any atom is 0.416 e. The van der Waals surface area contributed by atoms with Crippen LogP contribution >= 0.6 is 11.6 Å². The van der Waals surface area contributed by atoms with Crippen LogP contribution in [0.5, 0.6) is 5.75 Å². The smallest absolute Gasteiger partial charge is 0.416 e. The number of phenols is 1. The highest BCUT2D eigenvalue weighted by molar-refractivity contribution is 6.32. The number of phenolic OH excluding ortho intramolecular Hbond substituents is 1. The lowest BCUT2D eigenvalue weighted by molar-refractivity contribution is -0.137. The topological polar surface area (TPSA) is 46.2 Å². The van der Waals surface area contributed by atoms with Crippen molar-refractivity contribution in [2.45, 2.75) is 37.4 Å². The molecule has 0 spiro atoms. The Kier molecular flexibility index (Phi) is 3.02. The fraction of sp³-hybridized carbons (Fsp3) is 0.500. The molecule has 0 aromatic heterocycles. The first-order valence-corrected chi connectivity index (χ1v) is 5.92. The molecule has 0 bridgehead atoms. The van der Waals surface area contributed by atoms with Crippen LogP contribution in [0, 0.1) is 0 Å². The van der Waals surface area contributed by atoms with Gasteiger partial charge in [-0.1, -0.05) is 11.6 Å². The number of halogens is 4. The molecule has 0 saturated heterocycles. The number of hydrogen-bond donors (Lipinski definition) is 2. The van der Waals surface area contributed by atoms with E-state index in [1.807, 2.05) is 0 Å². The Morgan fingerprint density at radius 2 is 1.94 bits per heavy atom. The van der Waals surface area contributed by atoms with Crippen molar-refractivity contribution < 1.29 is 18.3 Å². The van der Waals surface area contributed by atoms with Crippen LogP contribution in [0.1, 0.15) is 30.9 Å². The van der Waals surface area contributed by atoms with Crippen LogP contribution in [0.3, 0.4) is 0 Å². The van der Waals surface area contributed by atoms with Gasteiger partial charge in [0, 0.05) is 17.0 Å². The van der Waals surface area contributed by atoms with Crippen molar-refractivity contribution in [3.8, 4) is 5.75 Å². The van der Waals surface area contributed by atoms with Crippen LogP contribution < -0.4 is 5.73 Å². The van der Waals surface area contributed by atoms with Gasteiger partial charge in [-0.25, -0.2) is 0 Å². The molecule has 1 atom stereocenters. The lowest BCUT2D eigenvalue weighted by atomic mass is 9.87. The van der Waals surface area contributed by atoms with E-state index in [1.54, 1.807) is 6.92 Å². The van der Waals surface area contributed by atoms with Crippen molar-refractivity contribution >= 4 is 11.6 Å². The van der Waals surface area contributed by atoms with E-state index in [1.165, 1.54) is 0 Å². The molecule has 1 saturated carbocycles. The van der Waals surface area contributed by atoms with Crippen molar-refractivity contribution in [3.05, 3.63) is 28.3 Å². The Balaban J connectivity index is 2.58. The molecule has 1 aromatic rings. The van der Waals surface area contributed by atoms with E-state index in [-0.39, 0.29) is 22.4 Å². The van der Waals surface area contributed by atoms with Gasteiger partial charge in [0.1, 0.15) is 5.75 Å². The first-order valence-electron chi connectivity index (χ1n) is 5.54. The number of aromatic hydroxyl groups is 1. The quantitative estimate of drug-likeness (QED) is 0.871. The number of hydrogen-bond acceptors (Lipinski definition) is 2. The van der Waals surface area contributed by atoms with Crippen LogP contribution in [0.4, 0.5) is 13.2 Å². The van der Waals surface area contributed by atoms with E-state index >= 15 is 0 Å². The second-order valence-electron chi connectivity index (χ2n) is 4.80. The molecule has 3 N–H and O–H groups in total. The highest BCUT2D eigenvalue weighted by Crippen LogP contribution is 2.55. The summed E-state index contributed by atoms with van der Waals surface area (Å²) in [6.45, 7) is 1.72. The minimum atomic E-state index is -4.49. The Morgan fingerprint density at radius 3 is 2.33 bits per heavy atom. The van der Waals surface area contributed by atoms with Crippen LogP contribution in [0.25, 0.3) is 0 Å². The molecule has 6 heteroatoms. The molecule has 1 aliphatic carbocycles. The molecule has 2 rings (SSSR count). The molecule has 0 aliphatic heterocycles. The van der Waals surface area contributed by atoms with Gasteiger partial charge in [0.25, 0.3) is 0 Å². The second kappa shape index (κ2) is 4.03. The zero-order chi connectivity index (χ0) is 13.7. The third-order valence-corrected chi connectivity index (χ3v) is 3.88. The molecule has 0 amide bonds. The SMILES string of the molecule is CC(N)C1(c2cc(C(F)(F)F)cc(Cl)c2O)CC1. The van der Waals surface area contributed by atoms with E-state index in [2.05, 4.69) is 0 Å². The first kappa shape index (κ1) is 13.5. The predicted molar refractivity (Wildman–Crippen MR) is 62.7 cm³/mol. The van der Waals surface area contributed by atoms with Gasteiger partial charge < -0.3 is 10.8 Å². The van der Waals surface area contributed by atoms with Crippen molar-refractivity contribution in [2.24, 2.45) is 5.73 Å². The van der Waals surface area contributed by atoms with Gasteiger partial charge in [-0.15, -0.1) is 0 Å². The van der Waals surface area contributed by atoms with Gasteiger partial charge in [0.15, 0.2) is 0 Å². The Morgan fingerprint density at radius 1 is 1.39 bits per heavy atom. The Bertz CT molecular complexity index is 481. The average molecular weight is 280 g/mol. The summed E-state index contributed by atoms with van der Waals surface area (Å²) in [7, 11) is 0. The molecular formula is C12H13ClF3NO. The van der Waals surface area contributed by atoms with Crippen LogP contribution in [-0.2, 0) is 11.6 Å². The normalized spacial score (nSPS) is 19.7. The highest BCUT2D eigenvalue weighted by Gasteiger charge is 2.50. The lowest BCUT2D eigenvalue weighted by Gasteiger charge is -2.23. The molecule has 1 fully saturated rings. The molecule has 0 heterocycles. The zero-order valence-corrected chi connectivity index (χ0v) is 10.4. The van der Waals surface area contributed by atoms with Crippen molar-refractivity contribution in [3.63, 3.8) is 0 Å². The fourth-order valence-electron chi connectivity index (χ4n) is 2.25. The van der Waals surface area contributed by atoms with E-state index < -0.39 is 17.2 Å². The van der Waals surface area contributed by atoms with Crippen molar-refractivity contribution in [1.29, 1.82) is 0 Å². The first-order chi connectivity index (χ1) is 8.18. The summed E-state index contributed by atoms with van der Waals surface area (Å²) in [5.41, 5.74) is 4.58. The lowest BCUT2D eigenvalue weighted by Crippen LogP contribution is -2.32. The molecular weight excluding hydrogens is 267 g/mol. The van der Waals surface area contributed by atoms with Crippen LogP contribution in [-0.4, -0.2) is 11.1 Å². The molecule has 1 aliphatic rings. The Hall–Kier alpha value is -0.940. The van der Waals surface area contributed by atoms with Gasteiger partial charge in [-0.2, -0.15) is 13.2 Å². The molecule has 2 nitrogen and oxygen atoms in total. The third-order valence-electron chi connectivity index (χ3n) is 3.59. The minimum Gasteiger partial charge on any atom is -0.506 e. The third kappa shape index (κ3) is 2.06. The van der Waals surface area contributed by atoms with E-state index in [4.69, 9.17) is 17.3 Å². The van der Waals surface area contributed by atoms with Gasteiger partial charge in [0.2, 0.25) is 0 Å². The van der Waals surface area contributed by atoms with Crippen LogP contribution in [0.2, 0.25) is 5.02 Å². The maximum absolute atomic E-state index is 12.7. The molecule has 0 radical (unpaired) electrons. The van der Waals surface area contributed by atoms with Gasteiger partial charge >= 0.3 is 6.18 Å². The minimum absolute atomic E-state index is 0.206. The number of nitrogens with two attached hydrogens (primary N) is 1. The summed E-state index contributed by atoms with van der Waals surface area (Å²) in [4.78, 5) is 0. The van der Waals surface area contributed by atoms with Crippen LogP contribution in [0.15, 0.2) is 12.1 Å². The van der Waals surface area contributed by atoms with E-state index in [9.17, 15) is 18.3 Å². The van der Waals surface area contributed by atoms with Gasteiger partial charge in [-0.3, -0.25) is 0 Å². The van der Waals surface area contributed by atoms with E-state index in [0.717, 1.165) is 12.1 Å². The summed E-state index contributed by atoms with van der Waals surface area (Å²) in [6, 6.07) is 1.36. The van der Waals surface area contributed by atoms with Gasteiger partial charge in [-0.05, 0) is 31.9 Å². The Labute approximate surface area is 108 Å². The highest BCUT2D eigenvalue weighted by atomic mass is 35.5. The molecule has 18 heavy (non-hydrogen) atoms. The van der Waals surface area contributed by atoms with Crippen molar-refractivity contribution in [2.75, 3.05) is 0 Å². The number of benzene rings is 1. The number of rotatable bonds is 2. The monoisotopic (exact) mass is 279 g/mol. The average Bonchev–Trinajstić information content (AvgIpc) is 3.01. The maximum atomic E-state index is 12.7. The standard InChI is InChI=1S/C12H13ClF3NO/c1-6(17)11(2-3-11)8-4-7(12(14,15)16)5-9(13)10(8)18/h4-6,18H,2-3,17H2,1H3. The summed E-state index contributed by atoms with van der Waals surface area (Å²) in [6.07, 6.45) is -3.16. The summed E-state index contributed by atoms with van der Waals surface area (Å²) in [5, 5.41) is 9.57. The number of alkyl halides is 3. The molecule has 1 unspecified atom stereocenters. The predicted octanol–water partition coefficient (Wildman–Crippen LogP) is 3.44. The fourth-order valence-corrected chi connectivity index (χ4v) is 2.47. The molecule has 100 valence electrons. The second-order valence-corrected chi connectivity index (χ2v) is 5.20. The summed E-state index contributed by atoms with van der Waals surface area (Å²) in [5.74, 6) is -0.292. The zero-order valence-electron chi connectivity index (χ0n) is 9.68. The van der Waals surface area contributed by atoms with Gasteiger partial charge in [0.05, 0.1) is 10.6 Å². The summed E-state index contributed by atoms with van der Waals surface area (Å²) < 4.78 is 38.2. The summed E-state index contributed by atoms with van der Waals surface area (Å²) >= 11 is 5.67. The van der Waals surface area contributed by atoms with Crippen molar-refractivity contribution in [1.82, 2.24) is 0 Å².